The summed E-state index contributed by atoms with van der Waals surface area (Å²) in [5.74, 6) is -2.21. The molecule has 1 aliphatic heterocycles. The van der Waals surface area contributed by atoms with Crippen LogP contribution in [0.15, 0.2) is 52.5 Å². The van der Waals surface area contributed by atoms with E-state index in [2.05, 4.69) is 21.2 Å². The van der Waals surface area contributed by atoms with E-state index in [-0.39, 0.29) is 22.6 Å². The second-order valence-corrected chi connectivity index (χ2v) is 6.94. The number of barbiturate groups is 1. The normalized spacial score (nSPS) is 15.2. The number of hydrogen-bond donors (Lipinski definition) is 2. The summed E-state index contributed by atoms with van der Waals surface area (Å²) in [5.41, 5.74) is 0.213. The van der Waals surface area contributed by atoms with Crippen LogP contribution in [-0.2, 0) is 14.4 Å². The summed E-state index contributed by atoms with van der Waals surface area (Å²) in [6.07, 6.45) is 1.24. The number of nitrogens with zero attached hydrogens (tertiary/aromatic N) is 1. The fourth-order valence-corrected chi connectivity index (χ4v) is 3.06. The first-order valence-corrected chi connectivity index (χ1v) is 9.29. The Hall–Kier alpha value is -3.66. The molecular weight excluding hydrogens is 460 g/mol. The Morgan fingerprint density at radius 3 is 2.50 bits per heavy atom. The van der Waals surface area contributed by atoms with Gasteiger partial charge in [-0.3, -0.25) is 14.9 Å². The van der Waals surface area contributed by atoms with Crippen molar-refractivity contribution in [1.29, 1.82) is 0 Å². The number of carbonyl (C=O) groups excluding carboxylic acids is 3. The number of carboxylic acids is 1. The van der Waals surface area contributed by atoms with Crippen molar-refractivity contribution in [1.82, 2.24) is 5.32 Å². The lowest BCUT2D eigenvalue weighted by Crippen LogP contribution is -2.54. The van der Waals surface area contributed by atoms with E-state index in [1.807, 2.05) is 0 Å². The second kappa shape index (κ2) is 8.78. The summed E-state index contributed by atoms with van der Waals surface area (Å²) in [6.45, 7) is -0.603. The number of rotatable bonds is 6. The minimum absolute atomic E-state index is 0.154. The Morgan fingerprint density at radius 2 is 1.87 bits per heavy atom. The molecule has 0 radical (unpaired) electrons. The van der Waals surface area contributed by atoms with Crippen LogP contribution in [0.3, 0.4) is 0 Å². The number of carbonyl (C=O) groups is 4. The highest BCUT2D eigenvalue weighted by molar-refractivity contribution is 9.10. The maximum atomic E-state index is 13.0. The van der Waals surface area contributed by atoms with Crippen LogP contribution < -0.4 is 19.7 Å². The highest BCUT2D eigenvalue weighted by Crippen LogP contribution is 2.28. The van der Waals surface area contributed by atoms with Crippen molar-refractivity contribution in [2.45, 2.75) is 0 Å². The molecule has 1 aliphatic rings. The molecule has 1 fully saturated rings. The van der Waals surface area contributed by atoms with Gasteiger partial charge in [-0.1, -0.05) is 15.9 Å². The summed E-state index contributed by atoms with van der Waals surface area (Å²) >= 11 is 3.28. The molecule has 4 amide bonds. The van der Waals surface area contributed by atoms with Crippen molar-refractivity contribution in [3.63, 3.8) is 0 Å². The van der Waals surface area contributed by atoms with Gasteiger partial charge in [-0.2, -0.15) is 0 Å². The number of imide groups is 2. The first-order valence-electron chi connectivity index (χ1n) is 8.50. The van der Waals surface area contributed by atoms with Crippen LogP contribution >= 0.6 is 15.9 Å². The largest absolute Gasteiger partial charge is 0.497 e. The van der Waals surface area contributed by atoms with Gasteiger partial charge in [-0.25, -0.2) is 14.5 Å². The molecule has 0 aromatic heterocycles. The van der Waals surface area contributed by atoms with Gasteiger partial charge in [0.1, 0.15) is 17.1 Å². The van der Waals surface area contributed by atoms with Crippen LogP contribution in [0.1, 0.15) is 5.56 Å². The van der Waals surface area contributed by atoms with Gasteiger partial charge in [0.15, 0.2) is 6.61 Å². The van der Waals surface area contributed by atoms with Crippen LogP contribution in [0, 0.1) is 0 Å². The van der Waals surface area contributed by atoms with E-state index in [9.17, 15) is 19.2 Å². The molecule has 154 valence electrons. The molecule has 1 heterocycles. The molecule has 1 saturated heterocycles. The lowest BCUT2D eigenvalue weighted by Gasteiger charge is -2.26. The highest BCUT2D eigenvalue weighted by atomic mass is 79.9. The molecule has 3 rings (SSSR count). The average Bonchev–Trinajstić information content (AvgIpc) is 2.70. The first kappa shape index (κ1) is 21.1. The van der Waals surface area contributed by atoms with Crippen molar-refractivity contribution < 1.29 is 33.8 Å². The number of ether oxygens (including phenoxy) is 2. The summed E-state index contributed by atoms with van der Waals surface area (Å²) in [5, 5.41) is 11.0. The van der Waals surface area contributed by atoms with Crippen LogP contribution in [0.25, 0.3) is 6.08 Å². The lowest BCUT2D eigenvalue weighted by atomic mass is 10.1. The Labute approximate surface area is 179 Å². The summed E-state index contributed by atoms with van der Waals surface area (Å²) < 4.78 is 10.9. The van der Waals surface area contributed by atoms with E-state index in [0.717, 1.165) is 4.90 Å². The van der Waals surface area contributed by atoms with Gasteiger partial charge in [-0.15, -0.1) is 0 Å². The molecule has 0 unspecified atom stereocenters. The average molecular weight is 475 g/mol. The van der Waals surface area contributed by atoms with Crippen molar-refractivity contribution in [2.24, 2.45) is 0 Å². The molecule has 10 heteroatoms. The van der Waals surface area contributed by atoms with Crippen LogP contribution in [0.5, 0.6) is 11.5 Å². The summed E-state index contributed by atoms with van der Waals surface area (Å²) in [7, 11) is 1.48. The molecule has 30 heavy (non-hydrogen) atoms. The van der Waals surface area contributed by atoms with Crippen LogP contribution in [0.2, 0.25) is 0 Å². The number of urea groups is 1. The maximum absolute atomic E-state index is 13.0. The molecule has 9 nitrogen and oxygen atoms in total. The third-order valence-electron chi connectivity index (χ3n) is 4.06. The number of halogens is 1. The Morgan fingerprint density at radius 1 is 1.17 bits per heavy atom. The number of methoxy groups -OCH3 is 1. The van der Waals surface area contributed by atoms with E-state index in [1.54, 1.807) is 24.3 Å². The van der Waals surface area contributed by atoms with Gasteiger partial charge >= 0.3 is 12.0 Å². The molecule has 2 aromatic rings. The first-order chi connectivity index (χ1) is 14.3. The molecule has 2 aromatic carbocycles. The van der Waals surface area contributed by atoms with Crippen molar-refractivity contribution in [2.75, 3.05) is 18.6 Å². The van der Waals surface area contributed by atoms with E-state index < -0.39 is 30.4 Å². The van der Waals surface area contributed by atoms with Gasteiger partial charge < -0.3 is 14.6 Å². The van der Waals surface area contributed by atoms with Gasteiger partial charge in [0.2, 0.25) is 0 Å². The van der Waals surface area contributed by atoms with Gasteiger partial charge in [0, 0.05) is 10.0 Å². The van der Waals surface area contributed by atoms with Crippen molar-refractivity contribution in [3.05, 3.63) is 58.1 Å². The SMILES string of the molecule is COc1ccc(N2C(=O)NC(=O)/C(=C\c3cc(Br)ccc3OCC(=O)O)C2=O)cc1. The number of amides is 4. The maximum Gasteiger partial charge on any atom is 0.341 e. The number of aliphatic carboxylic acids is 1. The predicted octanol–water partition coefficient (Wildman–Crippen LogP) is 2.59. The zero-order chi connectivity index (χ0) is 21.8. The van der Waals surface area contributed by atoms with E-state index >= 15 is 0 Å². The summed E-state index contributed by atoms with van der Waals surface area (Å²) in [6, 6.07) is 9.94. The predicted molar refractivity (Wildman–Crippen MR) is 109 cm³/mol. The number of anilines is 1. The van der Waals surface area contributed by atoms with Crippen molar-refractivity contribution in [3.8, 4) is 11.5 Å². The van der Waals surface area contributed by atoms with E-state index in [0.29, 0.717) is 10.2 Å². The van der Waals surface area contributed by atoms with Gasteiger partial charge in [0.25, 0.3) is 11.8 Å². The third kappa shape index (κ3) is 4.49. The van der Waals surface area contributed by atoms with Crippen LogP contribution in [0.4, 0.5) is 10.5 Å². The molecule has 0 bridgehead atoms. The lowest BCUT2D eigenvalue weighted by molar-refractivity contribution is -0.139. The zero-order valence-electron chi connectivity index (χ0n) is 15.5. The van der Waals surface area contributed by atoms with Crippen LogP contribution in [-0.4, -0.2) is 42.6 Å². The number of hydrogen-bond acceptors (Lipinski definition) is 6. The molecule has 0 saturated carbocycles. The Kier molecular flexibility index (Phi) is 6.17. The summed E-state index contributed by atoms with van der Waals surface area (Å²) in [4.78, 5) is 49.2. The number of carboxylic acid groups (broad SMARTS) is 1. The zero-order valence-corrected chi connectivity index (χ0v) is 17.1. The standard InChI is InChI=1S/C20H15BrN2O7/c1-29-14-5-3-13(4-6-14)23-19(27)15(18(26)22-20(23)28)9-11-8-12(21)2-7-16(11)30-10-17(24)25/h2-9H,10H2,1H3,(H,24,25)(H,22,26,28)/b15-9+. The highest BCUT2D eigenvalue weighted by Gasteiger charge is 2.37. The molecular formula is C20H15BrN2O7. The molecule has 0 atom stereocenters. The molecule has 2 N–H and O–H groups in total. The Bertz CT molecular complexity index is 1060. The fraction of sp³-hybridized carbons (Fsp3) is 0.100. The van der Waals surface area contributed by atoms with Gasteiger partial charge in [0.05, 0.1) is 12.8 Å². The van der Waals surface area contributed by atoms with E-state index in [4.69, 9.17) is 14.6 Å². The number of nitrogens with one attached hydrogen (secondary N) is 1. The smallest absolute Gasteiger partial charge is 0.341 e. The third-order valence-corrected chi connectivity index (χ3v) is 4.55. The second-order valence-electron chi connectivity index (χ2n) is 6.02. The Balaban J connectivity index is 2.00. The fourth-order valence-electron chi connectivity index (χ4n) is 2.68. The monoisotopic (exact) mass is 474 g/mol. The minimum atomic E-state index is -1.18. The number of benzene rings is 2. The molecule has 0 spiro atoms. The quantitative estimate of drug-likeness (QED) is 0.487. The van der Waals surface area contributed by atoms with Gasteiger partial charge in [-0.05, 0) is 48.5 Å². The molecule has 0 aliphatic carbocycles. The minimum Gasteiger partial charge on any atom is -0.497 e. The van der Waals surface area contributed by atoms with E-state index in [1.165, 1.54) is 31.4 Å². The topological polar surface area (TPSA) is 122 Å². The van der Waals surface area contributed by atoms with Crippen molar-refractivity contribution >= 4 is 51.5 Å².